The number of hydrogen-bond acceptors (Lipinski definition) is 5. The van der Waals surface area contributed by atoms with Gasteiger partial charge in [-0.05, 0) is 25.1 Å². The molecule has 0 radical (unpaired) electrons. The monoisotopic (exact) mass is 396 g/mol. The first-order valence-electron chi connectivity index (χ1n) is 9.73. The van der Waals surface area contributed by atoms with Gasteiger partial charge < -0.3 is 18.8 Å². The summed E-state index contributed by atoms with van der Waals surface area (Å²) in [7, 11) is 0. The van der Waals surface area contributed by atoms with Crippen LogP contribution in [0.4, 0.5) is 4.39 Å². The van der Waals surface area contributed by atoms with Gasteiger partial charge in [-0.15, -0.1) is 0 Å². The third-order valence-electron chi connectivity index (χ3n) is 5.73. The summed E-state index contributed by atoms with van der Waals surface area (Å²) in [5.74, 6) is -0.217. The zero-order valence-electron chi connectivity index (χ0n) is 16.1. The van der Waals surface area contributed by atoms with Gasteiger partial charge in [-0.3, -0.25) is 4.79 Å². The molecular weight excluding hydrogens is 375 g/mol. The molecule has 1 aromatic carbocycles. The van der Waals surface area contributed by atoms with Gasteiger partial charge in [-0.1, -0.05) is 18.2 Å². The van der Waals surface area contributed by atoms with Crippen molar-refractivity contribution in [1.29, 1.82) is 0 Å². The summed E-state index contributed by atoms with van der Waals surface area (Å²) in [6.45, 7) is 3.33. The van der Waals surface area contributed by atoms with E-state index in [1.807, 2.05) is 31.2 Å². The third kappa shape index (κ3) is 3.15. The summed E-state index contributed by atoms with van der Waals surface area (Å²) in [6, 6.07) is 10.5. The second-order valence-corrected chi connectivity index (χ2v) is 7.77. The summed E-state index contributed by atoms with van der Waals surface area (Å²) in [6.07, 6.45) is 2.56. The lowest BCUT2D eigenvalue weighted by molar-refractivity contribution is -0.174. The Balaban J connectivity index is 1.27. The predicted molar refractivity (Wildman–Crippen MR) is 103 cm³/mol. The summed E-state index contributed by atoms with van der Waals surface area (Å²) in [5, 5.41) is 0.950. The highest BCUT2D eigenvalue weighted by molar-refractivity contribution is 5.99. The third-order valence-corrected chi connectivity index (χ3v) is 5.73. The number of carbonyl (C=O) groups excluding carboxylic acids is 1. The van der Waals surface area contributed by atoms with Crippen molar-refractivity contribution in [1.82, 2.24) is 9.88 Å². The summed E-state index contributed by atoms with van der Waals surface area (Å²) >= 11 is 0. The highest BCUT2D eigenvalue weighted by atomic mass is 19.1. The molecule has 0 saturated carbocycles. The zero-order valence-corrected chi connectivity index (χ0v) is 16.1. The van der Waals surface area contributed by atoms with Crippen LogP contribution in [0.15, 0.2) is 47.0 Å². The smallest absolute Gasteiger partial charge is 0.290 e. The van der Waals surface area contributed by atoms with Crippen LogP contribution < -0.4 is 4.74 Å². The number of likely N-dealkylation sites (tertiary alicyclic amines) is 1. The normalized spacial score (nSPS) is 20.6. The van der Waals surface area contributed by atoms with E-state index in [4.69, 9.17) is 13.9 Å². The summed E-state index contributed by atoms with van der Waals surface area (Å²) < 4.78 is 31.4. The van der Waals surface area contributed by atoms with E-state index in [2.05, 4.69) is 4.98 Å². The number of ether oxygens (including phenoxy) is 2. The lowest BCUT2D eigenvalue weighted by Gasteiger charge is -2.52. The van der Waals surface area contributed by atoms with Gasteiger partial charge in [0.1, 0.15) is 17.3 Å². The van der Waals surface area contributed by atoms with Crippen LogP contribution in [0.1, 0.15) is 29.0 Å². The van der Waals surface area contributed by atoms with Crippen LogP contribution in [-0.4, -0.2) is 47.2 Å². The molecular formula is C22H21FN2O4. The average molecular weight is 396 g/mol. The number of aromatic nitrogens is 1. The number of halogens is 1. The number of para-hydroxylation sites is 1. The van der Waals surface area contributed by atoms with Gasteiger partial charge in [-0.25, -0.2) is 9.37 Å². The molecule has 2 aromatic heterocycles. The number of fused-ring (bicyclic) bond motifs is 1. The maximum Gasteiger partial charge on any atom is 0.290 e. The first kappa shape index (κ1) is 18.1. The van der Waals surface area contributed by atoms with Gasteiger partial charge in [-0.2, -0.15) is 0 Å². The van der Waals surface area contributed by atoms with Crippen molar-refractivity contribution >= 4 is 16.9 Å². The Morgan fingerprint density at radius 1 is 1.28 bits per heavy atom. The first-order valence-corrected chi connectivity index (χ1v) is 9.73. The van der Waals surface area contributed by atoms with Crippen molar-refractivity contribution in [2.45, 2.75) is 31.5 Å². The molecule has 0 aliphatic carbocycles. The minimum Gasteiger partial charge on any atom is -0.472 e. The average Bonchev–Trinajstić information content (AvgIpc) is 3.04. The van der Waals surface area contributed by atoms with E-state index in [1.165, 1.54) is 18.3 Å². The first-order chi connectivity index (χ1) is 14.0. The van der Waals surface area contributed by atoms with E-state index in [9.17, 15) is 9.18 Å². The number of amides is 1. The Kier molecular flexibility index (Phi) is 4.28. The van der Waals surface area contributed by atoms with Crippen LogP contribution in [0.2, 0.25) is 0 Å². The minimum absolute atomic E-state index is 0.0136. The van der Waals surface area contributed by atoms with E-state index in [1.54, 1.807) is 4.90 Å². The number of aryl methyl sites for hydroxylation is 1. The van der Waals surface area contributed by atoms with Crippen LogP contribution in [0.5, 0.6) is 5.88 Å². The molecule has 4 heterocycles. The zero-order chi connectivity index (χ0) is 20.0. The van der Waals surface area contributed by atoms with Crippen LogP contribution in [0.3, 0.4) is 0 Å². The van der Waals surface area contributed by atoms with E-state index < -0.39 is 11.4 Å². The van der Waals surface area contributed by atoms with Crippen molar-refractivity contribution in [3.8, 4) is 5.88 Å². The lowest BCUT2D eigenvalue weighted by atomic mass is 9.84. The Hall–Kier alpha value is -2.93. The van der Waals surface area contributed by atoms with E-state index in [0.29, 0.717) is 43.9 Å². The van der Waals surface area contributed by atoms with Gasteiger partial charge >= 0.3 is 0 Å². The molecule has 0 bridgehead atoms. The van der Waals surface area contributed by atoms with E-state index >= 15 is 0 Å². The highest BCUT2D eigenvalue weighted by Gasteiger charge is 2.50. The Morgan fingerprint density at radius 2 is 2.10 bits per heavy atom. The fourth-order valence-corrected chi connectivity index (χ4v) is 4.23. The van der Waals surface area contributed by atoms with Gasteiger partial charge in [0.25, 0.3) is 11.8 Å². The molecule has 7 heteroatoms. The number of furan rings is 1. The van der Waals surface area contributed by atoms with Gasteiger partial charge in [0, 0.05) is 30.0 Å². The Labute approximate surface area is 167 Å². The lowest BCUT2D eigenvalue weighted by Crippen LogP contribution is -2.67. The molecule has 6 nitrogen and oxygen atoms in total. The molecule has 2 fully saturated rings. The van der Waals surface area contributed by atoms with Crippen LogP contribution in [0, 0.1) is 12.7 Å². The van der Waals surface area contributed by atoms with E-state index in [0.717, 1.165) is 10.9 Å². The molecule has 1 amide bonds. The minimum atomic E-state index is -0.473. The molecule has 2 aliphatic heterocycles. The molecule has 5 rings (SSSR count). The van der Waals surface area contributed by atoms with Crippen LogP contribution in [-0.2, 0) is 4.74 Å². The molecule has 29 heavy (non-hydrogen) atoms. The van der Waals surface area contributed by atoms with Gasteiger partial charge in [0.15, 0.2) is 11.6 Å². The van der Waals surface area contributed by atoms with E-state index in [-0.39, 0.29) is 17.9 Å². The fraction of sp³-hybridized carbons (Fsp3) is 0.364. The SMILES string of the molecule is Cc1c(C(=O)N2CC3(CC(Oc4ncccc4F)CCO3)C2)oc2ccccc12. The van der Waals surface area contributed by atoms with Gasteiger partial charge in [0.05, 0.1) is 19.7 Å². The number of carbonyl (C=O) groups is 1. The molecule has 2 aliphatic rings. The molecule has 150 valence electrons. The fourth-order valence-electron chi connectivity index (χ4n) is 4.23. The molecule has 1 spiro atoms. The quantitative estimate of drug-likeness (QED) is 0.675. The number of hydrogen-bond donors (Lipinski definition) is 0. The maximum atomic E-state index is 13.8. The topological polar surface area (TPSA) is 64.8 Å². The molecule has 3 aromatic rings. The number of rotatable bonds is 3. The summed E-state index contributed by atoms with van der Waals surface area (Å²) in [5.41, 5.74) is 1.11. The standard InChI is InChI=1S/C22H21FN2O4/c1-14-16-5-2-3-7-18(16)29-19(14)21(26)25-12-22(13-25)11-15(8-10-27-22)28-20-17(23)6-4-9-24-20/h2-7,9,15H,8,10-13H2,1H3. The largest absolute Gasteiger partial charge is 0.472 e. The molecule has 1 atom stereocenters. The molecule has 2 saturated heterocycles. The molecule has 1 unspecified atom stereocenters. The van der Waals surface area contributed by atoms with Crippen molar-refractivity contribution in [2.75, 3.05) is 19.7 Å². The van der Waals surface area contributed by atoms with Crippen LogP contribution in [0.25, 0.3) is 11.0 Å². The second-order valence-electron chi connectivity index (χ2n) is 7.77. The van der Waals surface area contributed by atoms with Crippen LogP contribution >= 0.6 is 0 Å². The Morgan fingerprint density at radius 3 is 2.90 bits per heavy atom. The second kappa shape index (κ2) is 6.84. The number of benzene rings is 1. The summed E-state index contributed by atoms with van der Waals surface area (Å²) in [4.78, 5) is 18.6. The highest BCUT2D eigenvalue weighted by Crippen LogP contribution is 2.37. The molecule has 0 N–H and O–H groups in total. The predicted octanol–water partition coefficient (Wildman–Crippen LogP) is 3.73. The number of pyridine rings is 1. The number of nitrogens with zero attached hydrogens (tertiary/aromatic N) is 2. The van der Waals surface area contributed by atoms with Crippen molar-refractivity contribution in [2.24, 2.45) is 0 Å². The Bertz CT molecular complexity index is 1070. The maximum absolute atomic E-state index is 13.8. The van der Waals surface area contributed by atoms with Gasteiger partial charge in [0.2, 0.25) is 0 Å². The van der Waals surface area contributed by atoms with Crippen molar-refractivity contribution in [3.63, 3.8) is 0 Å². The van der Waals surface area contributed by atoms with Crippen molar-refractivity contribution in [3.05, 3.63) is 59.7 Å². The van der Waals surface area contributed by atoms with Crippen molar-refractivity contribution < 1.29 is 23.1 Å².